The van der Waals surface area contributed by atoms with Gasteiger partial charge in [-0.1, -0.05) is 6.42 Å². The minimum atomic E-state index is -0.850. The zero-order valence-corrected chi connectivity index (χ0v) is 10.3. The van der Waals surface area contributed by atoms with Gasteiger partial charge in [0.15, 0.2) is 0 Å². The van der Waals surface area contributed by atoms with Crippen molar-refractivity contribution in [2.45, 2.75) is 45.6 Å². The first-order chi connectivity index (χ1) is 8.04. The van der Waals surface area contributed by atoms with Gasteiger partial charge in [-0.2, -0.15) is 0 Å². The summed E-state index contributed by atoms with van der Waals surface area (Å²) in [6.07, 6.45) is 3.22. The highest BCUT2D eigenvalue weighted by molar-refractivity contribution is 6.32. The number of hydrogen-bond donors (Lipinski definition) is 1. The number of amides is 1. The largest absolute Gasteiger partial charge is 0.459 e. The molecule has 1 saturated carbocycles. The first kappa shape index (κ1) is 13.7. The fraction of sp³-hybridized carbons (Fsp3) is 0.750. The maximum Gasteiger partial charge on any atom is 0.396 e. The average Bonchev–Trinajstić information content (AvgIpc) is 2.29. The molecule has 0 radical (unpaired) electrons. The Hall–Kier alpha value is -1.39. The van der Waals surface area contributed by atoms with E-state index in [9.17, 15) is 14.4 Å². The van der Waals surface area contributed by atoms with Crippen LogP contribution in [0.1, 0.15) is 39.5 Å². The van der Waals surface area contributed by atoms with Gasteiger partial charge in [0.2, 0.25) is 0 Å². The predicted octanol–water partition coefficient (Wildman–Crippen LogP) is 0.813. The summed E-state index contributed by atoms with van der Waals surface area (Å²) >= 11 is 0. The van der Waals surface area contributed by atoms with Gasteiger partial charge < -0.3 is 10.1 Å². The molecular formula is C12H19NO4. The molecule has 0 aliphatic heterocycles. The Balaban J connectivity index is 2.43. The van der Waals surface area contributed by atoms with Gasteiger partial charge in [-0.15, -0.1) is 0 Å². The highest BCUT2D eigenvalue weighted by Gasteiger charge is 2.27. The fourth-order valence-corrected chi connectivity index (χ4v) is 2.13. The lowest BCUT2D eigenvalue weighted by molar-refractivity contribution is -0.155. The number of carbonyl (C=O) groups excluding carboxylic acids is 3. The number of nitrogens with one attached hydrogen (secondary N) is 1. The highest BCUT2D eigenvalue weighted by atomic mass is 16.5. The van der Waals surface area contributed by atoms with E-state index in [1.807, 2.05) is 0 Å². The molecule has 0 bridgehead atoms. The third-order valence-corrected chi connectivity index (χ3v) is 3.05. The normalized spacial score (nSPS) is 23.9. The molecule has 2 unspecified atom stereocenters. The van der Waals surface area contributed by atoms with Crippen LogP contribution in [0.3, 0.4) is 0 Å². The predicted molar refractivity (Wildman–Crippen MR) is 61.2 cm³/mol. The standard InChI is InChI=1S/C12H19NO4/c1-3-17-12(16)11(15)13-10-6-4-5-9(7-10)8(2)14/h9-10H,3-7H2,1-2H3,(H,13,15). The molecule has 0 saturated heterocycles. The van der Waals surface area contributed by atoms with Gasteiger partial charge in [0.05, 0.1) is 6.61 Å². The molecule has 1 N–H and O–H groups in total. The van der Waals surface area contributed by atoms with E-state index in [0.29, 0.717) is 6.42 Å². The smallest absolute Gasteiger partial charge is 0.396 e. The summed E-state index contributed by atoms with van der Waals surface area (Å²) in [6.45, 7) is 3.41. The molecular weight excluding hydrogens is 222 g/mol. The summed E-state index contributed by atoms with van der Waals surface area (Å²) in [4.78, 5) is 33.8. The Morgan fingerprint density at radius 2 is 2.00 bits per heavy atom. The second kappa shape index (κ2) is 6.37. The number of hydrogen-bond acceptors (Lipinski definition) is 4. The topological polar surface area (TPSA) is 72.5 Å². The molecule has 1 aliphatic rings. The molecule has 0 heterocycles. The van der Waals surface area contributed by atoms with Crippen molar-refractivity contribution in [2.75, 3.05) is 6.61 Å². The first-order valence-electron chi connectivity index (χ1n) is 6.02. The molecule has 1 rings (SSSR count). The van der Waals surface area contributed by atoms with Crippen molar-refractivity contribution in [2.24, 2.45) is 5.92 Å². The van der Waals surface area contributed by atoms with Crippen LogP contribution in [0.2, 0.25) is 0 Å². The van der Waals surface area contributed by atoms with Gasteiger partial charge in [-0.25, -0.2) is 4.79 Å². The number of carbonyl (C=O) groups is 3. The monoisotopic (exact) mass is 241 g/mol. The maximum absolute atomic E-state index is 11.4. The van der Waals surface area contributed by atoms with Crippen LogP contribution in [0, 0.1) is 5.92 Å². The number of ketones is 1. The fourth-order valence-electron chi connectivity index (χ4n) is 2.13. The Morgan fingerprint density at radius 1 is 1.29 bits per heavy atom. The van der Waals surface area contributed by atoms with E-state index in [4.69, 9.17) is 0 Å². The maximum atomic E-state index is 11.4. The van der Waals surface area contributed by atoms with Gasteiger partial charge in [-0.3, -0.25) is 9.59 Å². The third kappa shape index (κ3) is 4.17. The molecule has 96 valence electrons. The lowest BCUT2D eigenvalue weighted by Crippen LogP contribution is -2.43. The molecule has 1 amide bonds. The highest BCUT2D eigenvalue weighted by Crippen LogP contribution is 2.24. The van der Waals surface area contributed by atoms with Crippen molar-refractivity contribution in [3.8, 4) is 0 Å². The Bertz CT molecular complexity index is 314. The molecule has 0 aromatic rings. The molecule has 2 atom stereocenters. The summed E-state index contributed by atoms with van der Waals surface area (Å²) in [5, 5.41) is 2.62. The second-order valence-corrected chi connectivity index (χ2v) is 4.37. The number of ether oxygens (including phenoxy) is 1. The van der Waals surface area contributed by atoms with E-state index in [-0.39, 0.29) is 24.3 Å². The van der Waals surface area contributed by atoms with Crippen LogP contribution in [-0.4, -0.2) is 30.3 Å². The van der Waals surface area contributed by atoms with Crippen LogP contribution in [0.15, 0.2) is 0 Å². The van der Waals surface area contributed by atoms with Crippen molar-refractivity contribution < 1.29 is 19.1 Å². The molecule has 5 heteroatoms. The zero-order valence-electron chi connectivity index (χ0n) is 10.3. The summed E-state index contributed by atoms with van der Waals surface area (Å²) in [6, 6.07) is -0.0884. The van der Waals surface area contributed by atoms with Crippen molar-refractivity contribution in [3.63, 3.8) is 0 Å². The number of esters is 1. The van der Waals surface area contributed by atoms with Crippen LogP contribution in [-0.2, 0) is 19.1 Å². The quantitative estimate of drug-likeness (QED) is 0.586. The zero-order chi connectivity index (χ0) is 12.8. The first-order valence-corrected chi connectivity index (χ1v) is 6.02. The van der Waals surface area contributed by atoms with Crippen LogP contribution in [0.25, 0.3) is 0 Å². The molecule has 0 spiro atoms. The van der Waals surface area contributed by atoms with E-state index < -0.39 is 11.9 Å². The van der Waals surface area contributed by atoms with E-state index in [2.05, 4.69) is 10.1 Å². The molecule has 0 aromatic carbocycles. The Morgan fingerprint density at radius 3 is 2.59 bits per heavy atom. The summed E-state index contributed by atoms with van der Waals surface area (Å²) in [5.41, 5.74) is 0. The van der Waals surface area contributed by atoms with Crippen molar-refractivity contribution >= 4 is 17.7 Å². The van der Waals surface area contributed by atoms with Gasteiger partial charge in [0.1, 0.15) is 5.78 Å². The summed E-state index contributed by atoms with van der Waals surface area (Å²) in [7, 11) is 0. The molecule has 1 aliphatic carbocycles. The molecule has 0 aromatic heterocycles. The van der Waals surface area contributed by atoms with Crippen LogP contribution < -0.4 is 5.32 Å². The molecule has 5 nitrogen and oxygen atoms in total. The van der Waals surface area contributed by atoms with Crippen molar-refractivity contribution in [3.05, 3.63) is 0 Å². The van der Waals surface area contributed by atoms with Crippen LogP contribution in [0.5, 0.6) is 0 Å². The van der Waals surface area contributed by atoms with Crippen molar-refractivity contribution in [1.82, 2.24) is 5.32 Å². The average molecular weight is 241 g/mol. The third-order valence-electron chi connectivity index (χ3n) is 3.05. The number of rotatable bonds is 3. The summed E-state index contributed by atoms with van der Waals surface area (Å²) < 4.78 is 4.60. The van der Waals surface area contributed by atoms with Gasteiger partial charge in [0, 0.05) is 12.0 Å². The van der Waals surface area contributed by atoms with E-state index >= 15 is 0 Å². The van der Waals surface area contributed by atoms with Gasteiger partial charge >= 0.3 is 11.9 Å². The van der Waals surface area contributed by atoms with Crippen molar-refractivity contribution in [1.29, 1.82) is 0 Å². The SMILES string of the molecule is CCOC(=O)C(=O)NC1CCCC(C(C)=O)C1. The second-order valence-electron chi connectivity index (χ2n) is 4.37. The van der Waals surface area contributed by atoms with E-state index in [0.717, 1.165) is 19.3 Å². The van der Waals surface area contributed by atoms with Crippen LogP contribution in [0.4, 0.5) is 0 Å². The van der Waals surface area contributed by atoms with E-state index in [1.165, 1.54) is 0 Å². The van der Waals surface area contributed by atoms with Gasteiger partial charge in [-0.05, 0) is 33.1 Å². The summed E-state index contributed by atoms with van der Waals surface area (Å²) in [5.74, 6) is -1.39. The minimum absolute atomic E-state index is 0.0104. The molecule has 1 fully saturated rings. The van der Waals surface area contributed by atoms with Crippen LogP contribution >= 0.6 is 0 Å². The Labute approximate surface area is 101 Å². The lowest BCUT2D eigenvalue weighted by atomic mass is 9.83. The Kier molecular flexibility index (Phi) is 5.12. The van der Waals surface area contributed by atoms with Gasteiger partial charge in [0.25, 0.3) is 0 Å². The number of Topliss-reactive ketones (excluding diaryl/α,β-unsaturated/α-hetero) is 1. The minimum Gasteiger partial charge on any atom is -0.459 e. The van der Waals surface area contributed by atoms with E-state index in [1.54, 1.807) is 13.8 Å². The lowest BCUT2D eigenvalue weighted by Gasteiger charge is -2.27. The molecule has 17 heavy (non-hydrogen) atoms.